The van der Waals surface area contributed by atoms with E-state index in [1.807, 2.05) is 10.8 Å². The van der Waals surface area contributed by atoms with Crippen molar-refractivity contribution in [2.45, 2.75) is 26.3 Å². The Morgan fingerprint density at radius 2 is 2.18 bits per heavy atom. The summed E-state index contributed by atoms with van der Waals surface area (Å²) < 4.78 is 15.2. The molecule has 3 nitrogen and oxygen atoms in total. The summed E-state index contributed by atoms with van der Waals surface area (Å²) in [6.07, 6.45) is 5.21. The molecular weight excluding hydrogens is 219 g/mol. The Morgan fingerprint density at radius 1 is 1.35 bits per heavy atom. The second-order valence-electron chi connectivity index (χ2n) is 4.03. The lowest BCUT2D eigenvalue weighted by molar-refractivity contribution is 0.468. The van der Waals surface area contributed by atoms with E-state index in [-0.39, 0.29) is 5.75 Å². The van der Waals surface area contributed by atoms with Gasteiger partial charge in [0.25, 0.3) is 0 Å². The molecule has 0 amide bonds. The molecule has 17 heavy (non-hydrogen) atoms. The molecule has 1 heterocycles. The number of hydrogen-bond donors (Lipinski definition) is 1. The molecule has 0 spiro atoms. The standard InChI is InChI=1S/C13H15FN2O/c1-2-4-16-5-3-15-13(16)8-10-6-11(14)9-12(17)7-10/h3,5-7,9,17H,2,4,8H2,1H3. The van der Waals surface area contributed by atoms with E-state index in [0.717, 1.165) is 30.4 Å². The van der Waals surface area contributed by atoms with E-state index >= 15 is 0 Å². The van der Waals surface area contributed by atoms with Gasteiger partial charge in [0.15, 0.2) is 0 Å². The highest BCUT2D eigenvalue weighted by atomic mass is 19.1. The second kappa shape index (κ2) is 4.99. The maximum Gasteiger partial charge on any atom is 0.127 e. The molecule has 0 atom stereocenters. The Labute approximate surface area is 99.5 Å². The van der Waals surface area contributed by atoms with Gasteiger partial charge in [0, 0.05) is 31.4 Å². The van der Waals surface area contributed by atoms with Crippen LogP contribution in [0, 0.1) is 5.82 Å². The summed E-state index contributed by atoms with van der Waals surface area (Å²) in [5, 5.41) is 9.33. The number of hydrogen-bond acceptors (Lipinski definition) is 2. The van der Waals surface area contributed by atoms with Crippen molar-refractivity contribution in [3.05, 3.63) is 47.8 Å². The summed E-state index contributed by atoms with van der Waals surface area (Å²) in [6, 6.07) is 4.08. The molecule has 0 unspecified atom stereocenters. The Bertz CT molecular complexity index is 488. The smallest absolute Gasteiger partial charge is 0.127 e. The van der Waals surface area contributed by atoms with Gasteiger partial charge in [0.05, 0.1) is 0 Å². The summed E-state index contributed by atoms with van der Waals surface area (Å²) in [5.41, 5.74) is 0.728. The average Bonchev–Trinajstić information content (AvgIpc) is 2.65. The van der Waals surface area contributed by atoms with Crippen molar-refractivity contribution in [1.82, 2.24) is 9.55 Å². The summed E-state index contributed by atoms with van der Waals surface area (Å²) >= 11 is 0. The predicted octanol–water partition coefficient (Wildman–Crippen LogP) is 2.73. The Kier molecular flexibility index (Phi) is 3.42. The van der Waals surface area contributed by atoms with Crippen LogP contribution in [0.1, 0.15) is 24.7 Å². The van der Waals surface area contributed by atoms with E-state index in [2.05, 4.69) is 11.9 Å². The third-order valence-corrected chi connectivity index (χ3v) is 2.57. The highest BCUT2D eigenvalue weighted by Crippen LogP contribution is 2.17. The fraction of sp³-hybridized carbons (Fsp3) is 0.308. The zero-order chi connectivity index (χ0) is 12.3. The fourth-order valence-corrected chi connectivity index (χ4v) is 1.87. The number of rotatable bonds is 4. The summed E-state index contributed by atoms with van der Waals surface area (Å²) in [6.45, 7) is 2.99. The van der Waals surface area contributed by atoms with E-state index in [4.69, 9.17) is 0 Å². The van der Waals surface area contributed by atoms with Gasteiger partial charge in [-0.1, -0.05) is 6.92 Å². The van der Waals surface area contributed by atoms with Crippen LogP contribution < -0.4 is 0 Å². The van der Waals surface area contributed by atoms with E-state index in [9.17, 15) is 9.50 Å². The molecule has 0 aliphatic carbocycles. The molecule has 0 saturated heterocycles. The van der Waals surface area contributed by atoms with E-state index in [0.29, 0.717) is 6.42 Å². The monoisotopic (exact) mass is 234 g/mol. The first-order chi connectivity index (χ1) is 8.19. The molecule has 0 aliphatic rings. The lowest BCUT2D eigenvalue weighted by Crippen LogP contribution is -2.03. The van der Waals surface area contributed by atoms with Gasteiger partial charge in [0.2, 0.25) is 0 Å². The molecule has 2 rings (SSSR count). The molecule has 0 radical (unpaired) electrons. The van der Waals surface area contributed by atoms with Crippen molar-refractivity contribution in [2.24, 2.45) is 0 Å². The molecule has 1 N–H and O–H groups in total. The number of aromatic nitrogens is 2. The Morgan fingerprint density at radius 3 is 2.88 bits per heavy atom. The number of aryl methyl sites for hydroxylation is 1. The third-order valence-electron chi connectivity index (χ3n) is 2.57. The molecule has 1 aromatic carbocycles. The van der Waals surface area contributed by atoms with Crippen LogP contribution >= 0.6 is 0 Å². The minimum absolute atomic E-state index is 0.0476. The number of benzene rings is 1. The van der Waals surface area contributed by atoms with E-state index in [1.165, 1.54) is 6.07 Å². The number of phenols is 1. The topological polar surface area (TPSA) is 38.0 Å². The van der Waals surface area contributed by atoms with Crippen molar-refractivity contribution >= 4 is 0 Å². The molecule has 90 valence electrons. The second-order valence-corrected chi connectivity index (χ2v) is 4.03. The van der Waals surface area contributed by atoms with Gasteiger partial charge < -0.3 is 9.67 Å². The SMILES string of the molecule is CCCn1ccnc1Cc1cc(O)cc(F)c1. The Balaban J connectivity index is 2.22. The predicted molar refractivity (Wildman–Crippen MR) is 63.4 cm³/mol. The summed E-state index contributed by atoms with van der Waals surface area (Å²) in [4.78, 5) is 4.25. The van der Waals surface area contributed by atoms with Gasteiger partial charge in [-0.3, -0.25) is 0 Å². The molecule has 4 heteroatoms. The zero-order valence-corrected chi connectivity index (χ0v) is 9.73. The molecule has 2 aromatic rings. The van der Waals surface area contributed by atoms with Crippen LogP contribution in [0.2, 0.25) is 0 Å². The number of halogens is 1. The molecule has 0 aliphatic heterocycles. The first-order valence-corrected chi connectivity index (χ1v) is 5.67. The average molecular weight is 234 g/mol. The number of nitrogens with zero attached hydrogens (tertiary/aromatic N) is 2. The minimum Gasteiger partial charge on any atom is -0.508 e. The van der Waals surface area contributed by atoms with Crippen molar-refractivity contribution in [1.29, 1.82) is 0 Å². The molecule has 1 aromatic heterocycles. The molecule has 0 saturated carbocycles. The van der Waals surface area contributed by atoms with Gasteiger partial charge in [-0.05, 0) is 24.1 Å². The number of imidazole rings is 1. The molecular formula is C13H15FN2O. The quantitative estimate of drug-likeness (QED) is 0.883. The van der Waals surface area contributed by atoms with Crippen LogP contribution in [0.25, 0.3) is 0 Å². The van der Waals surface area contributed by atoms with Crippen LogP contribution in [0.4, 0.5) is 4.39 Å². The van der Waals surface area contributed by atoms with Crippen LogP contribution in [0.5, 0.6) is 5.75 Å². The van der Waals surface area contributed by atoms with Crippen LogP contribution in [0.3, 0.4) is 0 Å². The third kappa shape index (κ3) is 2.84. The van der Waals surface area contributed by atoms with Gasteiger partial charge in [-0.25, -0.2) is 9.37 Å². The first kappa shape index (κ1) is 11.6. The van der Waals surface area contributed by atoms with Crippen molar-refractivity contribution in [2.75, 3.05) is 0 Å². The van der Waals surface area contributed by atoms with Crippen molar-refractivity contribution in [3.8, 4) is 5.75 Å². The minimum atomic E-state index is -0.423. The number of aromatic hydroxyl groups is 1. The van der Waals surface area contributed by atoms with Crippen LogP contribution in [-0.2, 0) is 13.0 Å². The molecule has 0 fully saturated rings. The summed E-state index contributed by atoms with van der Waals surface area (Å²) in [5.74, 6) is 0.416. The van der Waals surface area contributed by atoms with Gasteiger partial charge in [-0.15, -0.1) is 0 Å². The van der Waals surface area contributed by atoms with Crippen LogP contribution in [0.15, 0.2) is 30.6 Å². The van der Waals surface area contributed by atoms with Crippen molar-refractivity contribution in [3.63, 3.8) is 0 Å². The van der Waals surface area contributed by atoms with Gasteiger partial charge in [-0.2, -0.15) is 0 Å². The zero-order valence-electron chi connectivity index (χ0n) is 9.73. The number of phenolic OH excluding ortho intramolecular Hbond substituents is 1. The fourth-order valence-electron chi connectivity index (χ4n) is 1.87. The highest BCUT2D eigenvalue weighted by Gasteiger charge is 2.06. The van der Waals surface area contributed by atoms with Gasteiger partial charge >= 0.3 is 0 Å². The lowest BCUT2D eigenvalue weighted by atomic mass is 10.1. The maximum atomic E-state index is 13.1. The highest BCUT2D eigenvalue weighted by molar-refractivity contribution is 5.30. The largest absolute Gasteiger partial charge is 0.508 e. The lowest BCUT2D eigenvalue weighted by Gasteiger charge is -2.06. The first-order valence-electron chi connectivity index (χ1n) is 5.67. The van der Waals surface area contributed by atoms with Crippen molar-refractivity contribution < 1.29 is 9.50 Å². The van der Waals surface area contributed by atoms with E-state index < -0.39 is 5.82 Å². The maximum absolute atomic E-state index is 13.1. The Hall–Kier alpha value is -1.84. The molecule has 0 bridgehead atoms. The van der Waals surface area contributed by atoms with Gasteiger partial charge in [0.1, 0.15) is 17.4 Å². The summed E-state index contributed by atoms with van der Waals surface area (Å²) in [7, 11) is 0. The van der Waals surface area contributed by atoms with E-state index in [1.54, 1.807) is 12.3 Å². The van der Waals surface area contributed by atoms with Crippen LogP contribution in [-0.4, -0.2) is 14.7 Å². The normalized spacial score (nSPS) is 10.7.